The smallest absolute Gasteiger partial charge is 0.00873 e. The van der Waals surface area contributed by atoms with Gasteiger partial charge in [0, 0.05) is 5.41 Å². The van der Waals surface area contributed by atoms with Gasteiger partial charge in [0.25, 0.3) is 0 Å². The van der Waals surface area contributed by atoms with E-state index in [4.69, 9.17) is 0 Å². The molecule has 1 aliphatic rings. The third-order valence-corrected chi connectivity index (χ3v) is 2.68. The molecule has 0 bridgehead atoms. The molecule has 0 aromatic rings. The highest BCUT2D eigenvalue weighted by molar-refractivity contribution is 5.21. The molecule has 1 fully saturated rings. The Balaban J connectivity index is 2.40. The summed E-state index contributed by atoms with van der Waals surface area (Å²) in [6.45, 7) is 8.37. The van der Waals surface area contributed by atoms with Crippen LogP contribution in [0, 0.1) is 11.3 Å². The van der Waals surface area contributed by atoms with Crippen LogP contribution in [0.5, 0.6) is 0 Å². The molecule has 0 nitrogen and oxygen atoms in total. The molecule has 2 unspecified atom stereocenters. The van der Waals surface area contributed by atoms with Gasteiger partial charge in [-0.1, -0.05) is 38.5 Å². The Labute approximate surface area is 70.0 Å². The zero-order valence-electron chi connectivity index (χ0n) is 7.64. The molecular weight excluding hydrogens is 132 g/mol. The number of unbranched alkanes of at least 4 members (excludes halogenated alkanes) is 1. The first-order chi connectivity index (χ1) is 5.25. The average molecular weight is 150 g/mol. The Morgan fingerprint density at radius 3 is 2.64 bits per heavy atom. The second-order valence-corrected chi connectivity index (χ2v) is 3.61. The predicted molar refractivity (Wildman–Crippen MR) is 50.5 cm³/mol. The number of hydrogen-bond acceptors (Lipinski definition) is 0. The van der Waals surface area contributed by atoms with Crippen LogP contribution in [0.4, 0.5) is 0 Å². The van der Waals surface area contributed by atoms with Crippen LogP contribution < -0.4 is 0 Å². The number of hydrogen-bond donors (Lipinski definition) is 0. The molecule has 1 aliphatic carbocycles. The van der Waals surface area contributed by atoms with E-state index in [-0.39, 0.29) is 0 Å². The third-order valence-electron chi connectivity index (χ3n) is 2.68. The van der Waals surface area contributed by atoms with Crippen LogP contribution in [0.1, 0.15) is 33.1 Å². The second-order valence-electron chi connectivity index (χ2n) is 3.61. The van der Waals surface area contributed by atoms with Crippen molar-refractivity contribution in [2.75, 3.05) is 0 Å². The lowest BCUT2D eigenvalue weighted by Crippen LogP contribution is -1.91. The largest absolute Gasteiger partial charge is 0.102 e. The Hall–Kier alpha value is -0.520. The first kappa shape index (κ1) is 8.58. The standard InChI is InChI=1S/C11H18/c1-4-6-7-8-11(5-2)9-10(11)3/h5,7-8,10H,2,4,6,9H2,1,3H3. The lowest BCUT2D eigenvalue weighted by molar-refractivity contribution is 0.741. The molecule has 1 saturated carbocycles. The van der Waals surface area contributed by atoms with E-state index in [1.807, 2.05) is 0 Å². The topological polar surface area (TPSA) is 0 Å². The summed E-state index contributed by atoms with van der Waals surface area (Å²) < 4.78 is 0. The molecule has 0 aromatic heterocycles. The molecule has 2 atom stereocenters. The summed E-state index contributed by atoms with van der Waals surface area (Å²) in [4.78, 5) is 0. The number of allylic oxidation sites excluding steroid dienone is 3. The van der Waals surface area contributed by atoms with Gasteiger partial charge in [-0.15, -0.1) is 6.58 Å². The van der Waals surface area contributed by atoms with Gasteiger partial charge in [-0.3, -0.25) is 0 Å². The van der Waals surface area contributed by atoms with E-state index >= 15 is 0 Å². The van der Waals surface area contributed by atoms with Crippen LogP contribution in [0.3, 0.4) is 0 Å². The molecule has 11 heavy (non-hydrogen) atoms. The summed E-state index contributed by atoms with van der Waals surface area (Å²) in [7, 11) is 0. The van der Waals surface area contributed by atoms with E-state index < -0.39 is 0 Å². The van der Waals surface area contributed by atoms with Crippen LogP contribution in [0.2, 0.25) is 0 Å². The SMILES string of the molecule is C=CC1(C=CCCC)CC1C. The van der Waals surface area contributed by atoms with Crippen LogP contribution >= 0.6 is 0 Å². The van der Waals surface area contributed by atoms with E-state index in [0.29, 0.717) is 5.41 Å². The van der Waals surface area contributed by atoms with E-state index in [9.17, 15) is 0 Å². The van der Waals surface area contributed by atoms with Crippen molar-refractivity contribution in [1.82, 2.24) is 0 Å². The first-order valence-electron chi connectivity index (χ1n) is 4.56. The van der Waals surface area contributed by atoms with E-state index in [2.05, 4.69) is 38.7 Å². The van der Waals surface area contributed by atoms with Gasteiger partial charge in [0.15, 0.2) is 0 Å². The molecule has 0 aromatic carbocycles. The highest BCUT2D eigenvalue weighted by Gasteiger charge is 2.45. The molecule has 1 rings (SSSR count). The molecule has 0 aliphatic heterocycles. The normalized spacial score (nSPS) is 36.0. The minimum atomic E-state index is 0.384. The lowest BCUT2D eigenvalue weighted by Gasteiger charge is -2.01. The van der Waals surface area contributed by atoms with Crippen molar-refractivity contribution in [3.05, 3.63) is 24.8 Å². The van der Waals surface area contributed by atoms with E-state index in [1.54, 1.807) is 0 Å². The Morgan fingerprint density at radius 2 is 2.27 bits per heavy atom. The van der Waals surface area contributed by atoms with Crippen LogP contribution in [-0.4, -0.2) is 0 Å². The molecule has 0 amide bonds. The van der Waals surface area contributed by atoms with Gasteiger partial charge in [-0.25, -0.2) is 0 Å². The van der Waals surface area contributed by atoms with Crippen LogP contribution in [-0.2, 0) is 0 Å². The van der Waals surface area contributed by atoms with E-state index in [1.165, 1.54) is 19.3 Å². The minimum absolute atomic E-state index is 0.384. The van der Waals surface area contributed by atoms with Crippen molar-refractivity contribution >= 4 is 0 Å². The summed E-state index contributed by atoms with van der Waals surface area (Å²) in [5, 5.41) is 0. The Morgan fingerprint density at radius 1 is 1.64 bits per heavy atom. The van der Waals surface area contributed by atoms with E-state index in [0.717, 1.165) is 5.92 Å². The fraction of sp³-hybridized carbons (Fsp3) is 0.636. The molecular formula is C11H18. The third kappa shape index (κ3) is 1.74. The summed E-state index contributed by atoms with van der Waals surface area (Å²) in [6.07, 6.45) is 10.5. The highest BCUT2D eigenvalue weighted by Crippen LogP contribution is 2.54. The zero-order valence-corrected chi connectivity index (χ0v) is 7.64. The maximum absolute atomic E-state index is 3.87. The van der Waals surface area contributed by atoms with Crippen LogP contribution in [0.15, 0.2) is 24.8 Å². The zero-order chi connectivity index (χ0) is 8.32. The van der Waals surface area contributed by atoms with Crippen molar-refractivity contribution in [2.45, 2.75) is 33.1 Å². The van der Waals surface area contributed by atoms with Crippen molar-refractivity contribution in [1.29, 1.82) is 0 Å². The highest BCUT2D eigenvalue weighted by atomic mass is 14.5. The molecule has 0 heteroatoms. The van der Waals surface area contributed by atoms with Gasteiger partial charge in [-0.2, -0.15) is 0 Å². The molecule has 0 heterocycles. The molecule has 0 N–H and O–H groups in total. The summed E-state index contributed by atoms with van der Waals surface area (Å²) in [6, 6.07) is 0. The van der Waals surface area contributed by atoms with Gasteiger partial charge in [-0.05, 0) is 18.8 Å². The second kappa shape index (κ2) is 3.25. The first-order valence-corrected chi connectivity index (χ1v) is 4.56. The molecule has 62 valence electrons. The predicted octanol–water partition coefficient (Wildman–Crippen LogP) is 3.55. The Bertz CT molecular complexity index is 167. The Kier molecular flexibility index (Phi) is 2.53. The minimum Gasteiger partial charge on any atom is -0.102 e. The van der Waals surface area contributed by atoms with Crippen molar-refractivity contribution < 1.29 is 0 Å². The molecule has 0 radical (unpaired) electrons. The summed E-state index contributed by atoms with van der Waals surface area (Å²) in [5.74, 6) is 0.827. The average Bonchev–Trinajstić information content (AvgIpc) is 2.64. The van der Waals surface area contributed by atoms with Gasteiger partial charge < -0.3 is 0 Å². The van der Waals surface area contributed by atoms with Gasteiger partial charge in [0.05, 0.1) is 0 Å². The number of rotatable bonds is 4. The van der Waals surface area contributed by atoms with Gasteiger partial charge in [0.2, 0.25) is 0 Å². The summed E-state index contributed by atoms with van der Waals surface area (Å²) >= 11 is 0. The fourth-order valence-electron chi connectivity index (χ4n) is 1.53. The van der Waals surface area contributed by atoms with Crippen molar-refractivity contribution in [3.63, 3.8) is 0 Å². The maximum Gasteiger partial charge on any atom is 0.00873 e. The van der Waals surface area contributed by atoms with Crippen molar-refractivity contribution in [3.8, 4) is 0 Å². The van der Waals surface area contributed by atoms with Gasteiger partial charge in [0.1, 0.15) is 0 Å². The van der Waals surface area contributed by atoms with Crippen LogP contribution in [0.25, 0.3) is 0 Å². The quantitative estimate of drug-likeness (QED) is 0.537. The monoisotopic (exact) mass is 150 g/mol. The van der Waals surface area contributed by atoms with Crippen molar-refractivity contribution in [2.24, 2.45) is 11.3 Å². The summed E-state index contributed by atoms with van der Waals surface area (Å²) in [5.41, 5.74) is 0.384. The molecule has 0 spiro atoms. The molecule has 0 saturated heterocycles. The fourth-order valence-corrected chi connectivity index (χ4v) is 1.53. The maximum atomic E-state index is 3.87. The van der Waals surface area contributed by atoms with Gasteiger partial charge >= 0.3 is 0 Å². The lowest BCUT2D eigenvalue weighted by atomic mass is 10.0.